The summed E-state index contributed by atoms with van der Waals surface area (Å²) in [7, 11) is 1.29. The molecule has 5 rings (SSSR count). The largest absolute Gasteiger partial charge is 0.573 e. The molecule has 1 aliphatic heterocycles. The van der Waals surface area contributed by atoms with Crippen molar-refractivity contribution in [1.29, 1.82) is 0 Å². The summed E-state index contributed by atoms with van der Waals surface area (Å²) in [4.78, 5) is 40.5. The van der Waals surface area contributed by atoms with Crippen molar-refractivity contribution < 1.29 is 41.8 Å². The van der Waals surface area contributed by atoms with Crippen LogP contribution in [0.4, 0.5) is 23.7 Å². The number of urea groups is 1. The van der Waals surface area contributed by atoms with Gasteiger partial charge in [0.1, 0.15) is 23.6 Å². The minimum atomic E-state index is -4.80. The highest BCUT2D eigenvalue weighted by Gasteiger charge is 2.31. The number of carbonyl (C=O) groups excluding carboxylic acids is 3. The number of halogens is 3. The number of carbonyl (C=O) groups is 3. The zero-order valence-electron chi connectivity index (χ0n) is 27.0. The van der Waals surface area contributed by atoms with Crippen LogP contribution in [-0.4, -0.2) is 61.5 Å². The van der Waals surface area contributed by atoms with Crippen molar-refractivity contribution in [3.63, 3.8) is 0 Å². The summed E-state index contributed by atoms with van der Waals surface area (Å²) < 4.78 is 53.0. The second-order valence-electron chi connectivity index (χ2n) is 11.6. The Kier molecular flexibility index (Phi) is 11.1. The van der Waals surface area contributed by atoms with Crippen molar-refractivity contribution in [1.82, 2.24) is 10.2 Å². The summed E-state index contributed by atoms with van der Waals surface area (Å²) in [5.41, 5.74) is 3.65. The van der Waals surface area contributed by atoms with Gasteiger partial charge in [-0.2, -0.15) is 0 Å². The Balaban J connectivity index is 1.18. The highest BCUT2D eigenvalue weighted by atomic mass is 19.4. The summed E-state index contributed by atoms with van der Waals surface area (Å²) in [6.07, 6.45) is -3.55. The first kappa shape index (κ1) is 34.8. The summed E-state index contributed by atoms with van der Waals surface area (Å²) in [5, 5.41) is 5.70. The molecule has 1 saturated heterocycles. The number of benzene rings is 4. The Morgan fingerprint density at radius 1 is 0.878 bits per heavy atom. The van der Waals surface area contributed by atoms with E-state index in [9.17, 15) is 27.6 Å². The highest BCUT2D eigenvalue weighted by Crippen LogP contribution is 2.32. The fourth-order valence-electron chi connectivity index (χ4n) is 5.70. The van der Waals surface area contributed by atoms with E-state index in [-0.39, 0.29) is 17.9 Å². The summed E-state index contributed by atoms with van der Waals surface area (Å²) in [6, 6.07) is 25.8. The highest BCUT2D eigenvalue weighted by molar-refractivity contribution is 6.09. The van der Waals surface area contributed by atoms with Crippen molar-refractivity contribution in [3.8, 4) is 22.6 Å². The first-order valence-corrected chi connectivity index (χ1v) is 15.7. The molecule has 12 heteroatoms. The van der Waals surface area contributed by atoms with Crippen LogP contribution in [0.25, 0.3) is 11.1 Å². The minimum Gasteiger partial charge on any atom is -0.490 e. The van der Waals surface area contributed by atoms with Crippen LogP contribution in [0, 0.1) is 6.92 Å². The number of anilines is 1. The molecule has 4 aromatic rings. The van der Waals surface area contributed by atoms with Crippen LogP contribution in [0.2, 0.25) is 0 Å². The van der Waals surface area contributed by atoms with Gasteiger partial charge in [-0.05, 0) is 59.5 Å². The maximum Gasteiger partial charge on any atom is 0.573 e. The Morgan fingerprint density at radius 2 is 1.57 bits per heavy atom. The number of esters is 1. The molecule has 2 N–H and O–H groups in total. The zero-order valence-corrected chi connectivity index (χ0v) is 27.0. The molecule has 1 aliphatic rings. The zero-order chi connectivity index (χ0) is 35.0. The number of likely N-dealkylation sites (tertiary alicyclic amines) is 1. The molecular formula is C37H36F3N3O6. The molecule has 0 aliphatic carbocycles. The fourth-order valence-corrected chi connectivity index (χ4v) is 5.70. The minimum absolute atomic E-state index is 0.177. The molecular weight excluding hydrogens is 639 g/mol. The van der Waals surface area contributed by atoms with E-state index in [2.05, 4.69) is 15.4 Å². The topological polar surface area (TPSA) is 106 Å². The predicted molar refractivity (Wildman–Crippen MR) is 177 cm³/mol. The summed E-state index contributed by atoms with van der Waals surface area (Å²) in [5.74, 6) is -0.732. The van der Waals surface area contributed by atoms with Gasteiger partial charge in [-0.1, -0.05) is 60.7 Å². The quantitative estimate of drug-likeness (QED) is 0.173. The first-order valence-electron chi connectivity index (χ1n) is 15.7. The van der Waals surface area contributed by atoms with Gasteiger partial charge in [0.05, 0.1) is 7.11 Å². The van der Waals surface area contributed by atoms with E-state index in [1.165, 1.54) is 31.4 Å². The van der Waals surface area contributed by atoms with Crippen LogP contribution in [0.5, 0.6) is 11.5 Å². The van der Waals surface area contributed by atoms with Crippen LogP contribution in [-0.2, 0) is 16.0 Å². The average Bonchev–Trinajstić information content (AvgIpc) is 3.08. The maximum atomic E-state index is 13.5. The molecule has 1 heterocycles. The smallest absolute Gasteiger partial charge is 0.490 e. The maximum absolute atomic E-state index is 13.5. The molecule has 0 bridgehead atoms. The molecule has 0 spiro atoms. The lowest BCUT2D eigenvalue weighted by molar-refractivity contribution is -0.274. The number of aryl methyl sites for hydroxylation is 1. The van der Waals surface area contributed by atoms with Crippen LogP contribution in [0.1, 0.15) is 34.3 Å². The number of methoxy groups -OCH3 is 1. The van der Waals surface area contributed by atoms with E-state index < -0.39 is 24.3 Å². The third kappa shape index (κ3) is 9.53. The third-order valence-corrected chi connectivity index (χ3v) is 8.08. The van der Waals surface area contributed by atoms with Gasteiger partial charge in [0, 0.05) is 49.7 Å². The van der Waals surface area contributed by atoms with Crippen LogP contribution >= 0.6 is 0 Å². The van der Waals surface area contributed by atoms with Gasteiger partial charge in [0.15, 0.2) is 0 Å². The van der Waals surface area contributed by atoms with Crippen LogP contribution < -0.4 is 20.1 Å². The Morgan fingerprint density at radius 3 is 2.24 bits per heavy atom. The standard InChI is InChI=1S/C37H36F3N3O6/c1-24-8-6-13-31(33(24)26-14-16-29(17-15-26)49-37(38,39)40)34(44)41-27-11-7-12-30(23-27)48-28-18-20-43(21-19-28)36(46)42-32(35(45)47-2)22-25-9-4-3-5-10-25/h3-17,23,28,32H,18-22H2,1-2H3,(H,41,44)(H,42,46)/t32-/m0/s1. The average molecular weight is 676 g/mol. The van der Waals surface area contributed by atoms with Gasteiger partial charge in [0.25, 0.3) is 5.91 Å². The number of ether oxygens (including phenoxy) is 3. The van der Waals surface area contributed by atoms with Crippen molar-refractivity contribution >= 4 is 23.6 Å². The molecule has 0 aromatic heterocycles. The Labute approximate surface area is 282 Å². The molecule has 3 amide bonds. The molecule has 0 saturated carbocycles. The van der Waals surface area contributed by atoms with Gasteiger partial charge in [-0.15, -0.1) is 13.2 Å². The number of piperidine rings is 1. The number of alkyl halides is 3. The Bertz CT molecular complexity index is 1760. The van der Waals surface area contributed by atoms with E-state index in [1.807, 2.05) is 43.3 Å². The molecule has 256 valence electrons. The first-order chi connectivity index (χ1) is 23.5. The second-order valence-corrected chi connectivity index (χ2v) is 11.6. The molecule has 1 atom stereocenters. The Hall–Kier alpha value is -5.52. The molecule has 9 nitrogen and oxygen atoms in total. The number of hydrogen-bond acceptors (Lipinski definition) is 6. The molecule has 49 heavy (non-hydrogen) atoms. The second kappa shape index (κ2) is 15.6. The number of rotatable bonds is 10. The molecule has 1 fully saturated rings. The van der Waals surface area contributed by atoms with E-state index in [0.29, 0.717) is 60.5 Å². The molecule has 0 radical (unpaired) electrons. The number of nitrogens with one attached hydrogen (secondary N) is 2. The number of amides is 3. The van der Waals surface area contributed by atoms with Gasteiger partial charge in [0.2, 0.25) is 0 Å². The lowest BCUT2D eigenvalue weighted by Crippen LogP contribution is -2.52. The number of hydrogen-bond donors (Lipinski definition) is 2. The third-order valence-electron chi connectivity index (χ3n) is 8.08. The lowest BCUT2D eigenvalue weighted by atomic mass is 9.94. The van der Waals surface area contributed by atoms with E-state index in [4.69, 9.17) is 9.47 Å². The molecule has 4 aromatic carbocycles. The normalized spacial score (nSPS) is 14.0. The van der Waals surface area contributed by atoms with E-state index in [1.54, 1.807) is 41.3 Å². The summed E-state index contributed by atoms with van der Waals surface area (Å²) in [6.45, 7) is 2.66. The van der Waals surface area contributed by atoms with Crippen LogP contribution in [0.3, 0.4) is 0 Å². The van der Waals surface area contributed by atoms with Gasteiger partial charge in [-0.3, -0.25) is 4.79 Å². The monoisotopic (exact) mass is 675 g/mol. The van der Waals surface area contributed by atoms with E-state index in [0.717, 1.165) is 11.1 Å². The van der Waals surface area contributed by atoms with Gasteiger partial charge < -0.3 is 29.7 Å². The predicted octanol–water partition coefficient (Wildman–Crippen LogP) is 7.15. The lowest BCUT2D eigenvalue weighted by Gasteiger charge is -2.33. The number of nitrogens with zero attached hydrogens (tertiary/aromatic N) is 1. The fraction of sp³-hybridized carbons (Fsp3) is 0.270. The summed E-state index contributed by atoms with van der Waals surface area (Å²) >= 11 is 0. The van der Waals surface area contributed by atoms with Gasteiger partial charge in [-0.25, -0.2) is 9.59 Å². The van der Waals surface area contributed by atoms with Gasteiger partial charge >= 0.3 is 18.4 Å². The van der Waals surface area contributed by atoms with E-state index >= 15 is 0 Å². The van der Waals surface area contributed by atoms with Crippen LogP contribution in [0.15, 0.2) is 97.1 Å². The van der Waals surface area contributed by atoms with Crippen molar-refractivity contribution in [2.24, 2.45) is 0 Å². The van der Waals surface area contributed by atoms with Crippen molar-refractivity contribution in [3.05, 3.63) is 114 Å². The SMILES string of the molecule is COC(=O)[C@H](Cc1ccccc1)NC(=O)N1CCC(Oc2cccc(NC(=O)c3cccc(C)c3-c3ccc(OC(F)(F)F)cc3)c2)CC1. The van der Waals surface area contributed by atoms with Crippen molar-refractivity contribution in [2.45, 2.75) is 44.7 Å². The van der Waals surface area contributed by atoms with Crippen molar-refractivity contribution in [2.75, 3.05) is 25.5 Å². The molecule has 0 unspecified atom stereocenters.